The van der Waals surface area contributed by atoms with Crippen molar-refractivity contribution in [2.24, 2.45) is 11.7 Å². The van der Waals surface area contributed by atoms with Gasteiger partial charge >= 0.3 is 0 Å². The predicted molar refractivity (Wildman–Crippen MR) is 80.4 cm³/mol. The molecule has 0 atom stereocenters. The molecule has 1 aliphatic heterocycles. The summed E-state index contributed by atoms with van der Waals surface area (Å²) in [5.74, 6) is -0.481. The van der Waals surface area contributed by atoms with Gasteiger partial charge in [0.15, 0.2) is 0 Å². The lowest BCUT2D eigenvalue weighted by atomic mass is 9.96. The molecule has 1 saturated heterocycles. The number of primary amides is 1. The lowest BCUT2D eigenvalue weighted by Crippen LogP contribution is -2.38. The summed E-state index contributed by atoms with van der Waals surface area (Å²) in [6.45, 7) is 2.10. The second-order valence-corrected chi connectivity index (χ2v) is 6.10. The summed E-state index contributed by atoms with van der Waals surface area (Å²) in [5, 5.41) is 3.39. The van der Waals surface area contributed by atoms with Crippen LogP contribution < -0.4 is 16.0 Å². The van der Waals surface area contributed by atoms with Gasteiger partial charge in [0.2, 0.25) is 5.91 Å². The first kappa shape index (κ1) is 14.3. The number of benzene rings is 1. The van der Waals surface area contributed by atoms with E-state index < -0.39 is 0 Å². The zero-order valence-electron chi connectivity index (χ0n) is 12.1. The van der Waals surface area contributed by atoms with Crippen molar-refractivity contribution in [1.29, 1.82) is 0 Å². The third-order valence-corrected chi connectivity index (χ3v) is 4.42. The number of piperidine rings is 1. The molecule has 1 heterocycles. The van der Waals surface area contributed by atoms with Gasteiger partial charge in [-0.25, -0.2) is 4.39 Å². The van der Waals surface area contributed by atoms with Crippen LogP contribution in [0.2, 0.25) is 0 Å². The largest absolute Gasteiger partial charge is 0.369 e. The molecule has 5 heteroatoms. The molecule has 0 aromatic heterocycles. The van der Waals surface area contributed by atoms with Gasteiger partial charge in [-0.3, -0.25) is 4.79 Å². The molecule has 21 heavy (non-hydrogen) atoms. The number of anilines is 1. The standard InChI is InChI=1S/C16H22FN3O/c17-14-9-11(10-19-13-2-3-13)1-4-15(14)20-7-5-12(6-8-20)16(18)21/h1,4,9,12-13,19H,2-3,5-8,10H2,(H2,18,21). The molecule has 0 spiro atoms. The van der Waals surface area contributed by atoms with Gasteiger partial charge in [-0.05, 0) is 43.4 Å². The Bertz CT molecular complexity index is 522. The molecule has 0 unspecified atom stereocenters. The SMILES string of the molecule is NC(=O)C1CCN(c2ccc(CNC3CC3)cc2F)CC1. The topological polar surface area (TPSA) is 58.4 Å². The van der Waals surface area contributed by atoms with Crippen LogP contribution in [0.15, 0.2) is 18.2 Å². The van der Waals surface area contributed by atoms with E-state index in [2.05, 4.69) is 5.32 Å². The molecule has 2 fully saturated rings. The first-order valence-electron chi connectivity index (χ1n) is 7.69. The van der Waals surface area contributed by atoms with Crippen molar-refractivity contribution in [2.75, 3.05) is 18.0 Å². The molecular formula is C16H22FN3O. The maximum Gasteiger partial charge on any atom is 0.220 e. The minimum absolute atomic E-state index is 0.0636. The summed E-state index contributed by atoms with van der Waals surface area (Å²) < 4.78 is 14.3. The number of nitrogens with one attached hydrogen (secondary N) is 1. The fourth-order valence-electron chi connectivity index (χ4n) is 2.87. The van der Waals surface area contributed by atoms with Gasteiger partial charge in [-0.1, -0.05) is 6.07 Å². The van der Waals surface area contributed by atoms with Crippen molar-refractivity contribution < 1.29 is 9.18 Å². The third kappa shape index (κ3) is 3.53. The Morgan fingerprint density at radius 3 is 2.57 bits per heavy atom. The number of hydrogen-bond donors (Lipinski definition) is 2. The highest BCUT2D eigenvalue weighted by molar-refractivity contribution is 5.77. The number of rotatable bonds is 5. The van der Waals surface area contributed by atoms with E-state index in [9.17, 15) is 9.18 Å². The fraction of sp³-hybridized carbons (Fsp3) is 0.562. The van der Waals surface area contributed by atoms with Crippen LogP contribution in [0.3, 0.4) is 0 Å². The highest BCUT2D eigenvalue weighted by Crippen LogP contribution is 2.26. The Labute approximate surface area is 124 Å². The molecule has 0 radical (unpaired) electrons. The predicted octanol–water partition coefficient (Wildman–Crippen LogP) is 1.78. The zero-order chi connectivity index (χ0) is 14.8. The number of carbonyl (C=O) groups is 1. The van der Waals surface area contributed by atoms with Crippen LogP contribution >= 0.6 is 0 Å². The summed E-state index contributed by atoms with van der Waals surface area (Å²) >= 11 is 0. The van der Waals surface area contributed by atoms with E-state index >= 15 is 0 Å². The van der Waals surface area contributed by atoms with E-state index in [0.717, 1.165) is 12.1 Å². The minimum Gasteiger partial charge on any atom is -0.369 e. The lowest BCUT2D eigenvalue weighted by molar-refractivity contribution is -0.122. The molecule has 2 aliphatic rings. The third-order valence-electron chi connectivity index (χ3n) is 4.42. The molecule has 1 saturated carbocycles. The van der Waals surface area contributed by atoms with Crippen LogP contribution in [0.1, 0.15) is 31.2 Å². The van der Waals surface area contributed by atoms with Gasteiger partial charge < -0.3 is 16.0 Å². The van der Waals surface area contributed by atoms with Crippen molar-refractivity contribution in [2.45, 2.75) is 38.3 Å². The molecular weight excluding hydrogens is 269 g/mol. The summed E-state index contributed by atoms with van der Waals surface area (Å²) in [5.41, 5.74) is 6.94. The maximum absolute atomic E-state index is 14.3. The van der Waals surface area contributed by atoms with Gasteiger partial charge in [0.1, 0.15) is 5.82 Å². The van der Waals surface area contributed by atoms with Crippen LogP contribution in [-0.2, 0) is 11.3 Å². The second-order valence-electron chi connectivity index (χ2n) is 6.10. The normalized spacial score (nSPS) is 19.8. The Hall–Kier alpha value is -1.62. The molecule has 1 aromatic carbocycles. The zero-order valence-corrected chi connectivity index (χ0v) is 12.1. The van der Waals surface area contributed by atoms with E-state index in [1.165, 1.54) is 12.8 Å². The first-order valence-corrected chi connectivity index (χ1v) is 7.69. The number of amides is 1. The average Bonchev–Trinajstić information content (AvgIpc) is 3.29. The van der Waals surface area contributed by atoms with Crippen LogP contribution in [0.25, 0.3) is 0 Å². The molecule has 0 bridgehead atoms. The van der Waals surface area contributed by atoms with Gasteiger partial charge in [-0.15, -0.1) is 0 Å². The average molecular weight is 291 g/mol. The van der Waals surface area contributed by atoms with E-state index in [1.807, 2.05) is 17.0 Å². The van der Waals surface area contributed by atoms with Crippen LogP contribution in [0.4, 0.5) is 10.1 Å². The van der Waals surface area contributed by atoms with Crippen molar-refractivity contribution in [3.63, 3.8) is 0 Å². The number of nitrogens with zero attached hydrogens (tertiary/aromatic N) is 1. The highest BCUT2D eigenvalue weighted by Gasteiger charge is 2.25. The van der Waals surface area contributed by atoms with Crippen LogP contribution in [0.5, 0.6) is 0 Å². The monoisotopic (exact) mass is 291 g/mol. The second kappa shape index (κ2) is 6.02. The lowest BCUT2D eigenvalue weighted by Gasteiger charge is -2.32. The number of nitrogens with two attached hydrogens (primary N) is 1. The van der Waals surface area contributed by atoms with Crippen molar-refractivity contribution in [3.8, 4) is 0 Å². The van der Waals surface area contributed by atoms with Gasteiger partial charge in [-0.2, -0.15) is 0 Å². The summed E-state index contributed by atoms with van der Waals surface area (Å²) in [6.07, 6.45) is 3.88. The van der Waals surface area contributed by atoms with E-state index in [4.69, 9.17) is 5.73 Å². The first-order chi connectivity index (χ1) is 10.1. The summed E-state index contributed by atoms with van der Waals surface area (Å²) in [6, 6.07) is 6.07. The van der Waals surface area contributed by atoms with Crippen molar-refractivity contribution in [1.82, 2.24) is 5.32 Å². The van der Waals surface area contributed by atoms with Crippen molar-refractivity contribution in [3.05, 3.63) is 29.6 Å². The minimum atomic E-state index is -0.239. The Morgan fingerprint density at radius 2 is 2.00 bits per heavy atom. The van der Waals surface area contributed by atoms with E-state index in [1.54, 1.807) is 6.07 Å². The molecule has 1 aromatic rings. The summed E-state index contributed by atoms with van der Waals surface area (Å²) in [4.78, 5) is 13.2. The number of halogens is 1. The molecule has 4 nitrogen and oxygen atoms in total. The molecule has 3 rings (SSSR count). The quantitative estimate of drug-likeness (QED) is 0.869. The number of carbonyl (C=O) groups excluding carboxylic acids is 1. The van der Waals surface area contributed by atoms with Crippen molar-refractivity contribution >= 4 is 11.6 Å². The van der Waals surface area contributed by atoms with Gasteiger partial charge in [0, 0.05) is 31.6 Å². The Kier molecular flexibility index (Phi) is 4.10. The highest BCUT2D eigenvalue weighted by atomic mass is 19.1. The molecule has 114 valence electrons. The Balaban J connectivity index is 1.61. The number of hydrogen-bond acceptors (Lipinski definition) is 3. The van der Waals surface area contributed by atoms with Gasteiger partial charge in [0.25, 0.3) is 0 Å². The van der Waals surface area contributed by atoms with E-state index in [-0.39, 0.29) is 17.6 Å². The van der Waals surface area contributed by atoms with Crippen LogP contribution in [-0.4, -0.2) is 25.0 Å². The smallest absolute Gasteiger partial charge is 0.220 e. The molecule has 1 aliphatic carbocycles. The molecule has 3 N–H and O–H groups in total. The molecule has 1 amide bonds. The fourth-order valence-corrected chi connectivity index (χ4v) is 2.87. The maximum atomic E-state index is 14.3. The van der Waals surface area contributed by atoms with Crippen LogP contribution in [0, 0.1) is 11.7 Å². The summed E-state index contributed by atoms with van der Waals surface area (Å²) in [7, 11) is 0. The van der Waals surface area contributed by atoms with E-state index in [0.29, 0.717) is 37.7 Å². The Morgan fingerprint density at radius 1 is 1.29 bits per heavy atom. The van der Waals surface area contributed by atoms with Gasteiger partial charge in [0.05, 0.1) is 5.69 Å².